The van der Waals surface area contributed by atoms with Gasteiger partial charge in [0.2, 0.25) is 0 Å². The molecule has 4 heteroatoms. The van der Waals surface area contributed by atoms with Gasteiger partial charge in [-0.25, -0.2) is 4.39 Å². The molecule has 0 fully saturated rings. The molecule has 1 unspecified atom stereocenters. The maximum Gasteiger partial charge on any atom is 0.126 e. The highest BCUT2D eigenvalue weighted by Crippen LogP contribution is 2.19. The summed E-state index contributed by atoms with van der Waals surface area (Å²) in [5.74, 6) is -0.274. The second-order valence-electron chi connectivity index (χ2n) is 4.82. The van der Waals surface area contributed by atoms with Gasteiger partial charge in [-0.2, -0.15) is 0 Å². The van der Waals surface area contributed by atoms with Gasteiger partial charge in [-0.3, -0.25) is 0 Å². The summed E-state index contributed by atoms with van der Waals surface area (Å²) in [6.07, 6.45) is 0.670. The minimum Gasteiger partial charge on any atom is -0.396 e. The number of hydrogen-bond donors (Lipinski definition) is 2. The molecule has 0 saturated carbocycles. The Bertz CT molecular complexity index is 384. The first-order valence-corrected chi connectivity index (χ1v) is 6.85. The summed E-state index contributed by atoms with van der Waals surface area (Å²) >= 11 is 0. The minimum atomic E-state index is -0.640. The van der Waals surface area contributed by atoms with E-state index in [0.29, 0.717) is 17.5 Å². The van der Waals surface area contributed by atoms with Crippen LogP contribution >= 0.6 is 0 Å². The number of hydrogen-bond acceptors (Lipinski definition) is 3. The lowest BCUT2D eigenvalue weighted by Gasteiger charge is -2.21. The molecule has 1 aromatic carbocycles. The van der Waals surface area contributed by atoms with Gasteiger partial charge in [0.05, 0.1) is 6.10 Å². The fourth-order valence-electron chi connectivity index (χ4n) is 2.01. The van der Waals surface area contributed by atoms with E-state index in [9.17, 15) is 9.50 Å². The Hall–Kier alpha value is -0.970. The average molecular weight is 269 g/mol. The molecule has 1 aromatic rings. The number of aryl methyl sites for hydroxylation is 1. The Morgan fingerprint density at radius 2 is 2.05 bits per heavy atom. The zero-order valence-electron chi connectivity index (χ0n) is 11.8. The van der Waals surface area contributed by atoms with Crippen LogP contribution in [0, 0.1) is 12.7 Å². The zero-order chi connectivity index (χ0) is 14.3. The van der Waals surface area contributed by atoms with E-state index >= 15 is 0 Å². The van der Waals surface area contributed by atoms with Crippen LogP contribution in [-0.2, 0) is 0 Å². The molecule has 3 nitrogen and oxygen atoms in total. The van der Waals surface area contributed by atoms with Gasteiger partial charge in [0.1, 0.15) is 5.82 Å². The lowest BCUT2D eigenvalue weighted by Crippen LogP contribution is -2.27. The van der Waals surface area contributed by atoms with Gasteiger partial charge in [0.25, 0.3) is 0 Å². The zero-order valence-corrected chi connectivity index (χ0v) is 11.8. The van der Waals surface area contributed by atoms with Crippen molar-refractivity contribution in [2.24, 2.45) is 0 Å². The molecular formula is C15H24FNO2. The van der Waals surface area contributed by atoms with Gasteiger partial charge in [-0.05, 0) is 43.5 Å². The molecule has 108 valence electrons. The molecule has 0 radical (unpaired) electrons. The topological polar surface area (TPSA) is 43.7 Å². The fraction of sp³-hybridized carbons (Fsp3) is 0.600. The monoisotopic (exact) mass is 269 g/mol. The molecule has 0 amide bonds. The third kappa shape index (κ3) is 5.27. The van der Waals surface area contributed by atoms with E-state index in [1.807, 2.05) is 0 Å². The van der Waals surface area contributed by atoms with E-state index in [1.165, 1.54) is 6.07 Å². The Morgan fingerprint density at radius 1 is 1.32 bits per heavy atom. The lowest BCUT2D eigenvalue weighted by molar-refractivity contribution is 0.139. The Labute approximate surface area is 114 Å². The predicted molar refractivity (Wildman–Crippen MR) is 74.5 cm³/mol. The number of rotatable bonds is 8. The molecular weight excluding hydrogens is 245 g/mol. The van der Waals surface area contributed by atoms with E-state index in [4.69, 9.17) is 5.11 Å². The summed E-state index contributed by atoms with van der Waals surface area (Å²) in [6, 6.07) is 4.87. The SMILES string of the molecule is CCN(CCCO)CCC(O)c1ccc(C)c(F)c1. The van der Waals surface area contributed by atoms with Crippen LogP contribution in [0.5, 0.6) is 0 Å². The molecule has 0 spiro atoms. The molecule has 1 rings (SSSR count). The van der Waals surface area contributed by atoms with Crippen molar-refractivity contribution in [1.29, 1.82) is 0 Å². The first kappa shape index (κ1) is 16.1. The molecule has 0 bridgehead atoms. The van der Waals surface area contributed by atoms with Gasteiger partial charge in [0.15, 0.2) is 0 Å². The van der Waals surface area contributed by atoms with Gasteiger partial charge in [-0.15, -0.1) is 0 Å². The summed E-state index contributed by atoms with van der Waals surface area (Å²) in [5.41, 5.74) is 1.22. The van der Waals surface area contributed by atoms with E-state index < -0.39 is 6.10 Å². The van der Waals surface area contributed by atoms with Crippen molar-refractivity contribution in [3.05, 3.63) is 35.1 Å². The number of halogens is 1. The Kier molecular flexibility index (Phi) is 6.99. The molecule has 0 aromatic heterocycles. The van der Waals surface area contributed by atoms with Gasteiger partial charge in [-0.1, -0.05) is 19.1 Å². The summed E-state index contributed by atoms with van der Waals surface area (Å²) in [4.78, 5) is 2.17. The predicted octanol–water partition coefficient (Wildman–Crippen LogP) is 2.26. The molecule has 0 aliphatic carbocycles. The molecule has 0 aliphatic rings. The maximum atomic E-state index is 13.4. The van der Waals surface area contributed by atoms with E-state index in [0.717, 1.165) is 26.1 Å². The quantitative estimate of drug-likeness (QED) is 0.761. The average Bonchev–Trinajstić information content (AvgIpc) is 2.41. The van der Waals surface area contributed by atoms with Crippen molar-refractivity contribution in [3.63, 3.8) is 0 Å². The highest BCUT2D eigenvalue weighted by molar-refractivity contribution is 5.24. The molecule has 1 atom stereocenters. The standard InChI is InChI=1S/C15H24FNO2/c1-3-17(8-4-10-18)9-7-15(19)13-6-5-12(2)14(16)11-13/h5-6,11,15,18-19H,3-4,7-10H2,1-2H3. The largest absolute Gasteiger partial charge is 0.396 e. The Balaban J connectivity index is 2.49. The van der Waals surface area contributed by atoms with Crippen LogP contribution in [0.15, 0.2) is 18.2 Å². The number of benzene rings is 1. The first-order chi connectivity index (χ1) is 9.08. The first-order valence-electron chi connectivity index (χ1n) is 6.85. The van der Waals surface area contributed by atoms with Crippen molar-refractivity contribution in [1.82, 2.24) is 4.90 Å². The van der Waals surface area contributed by atoms with Crippen molar-refractivity contribution in [2.75, 3.05) is 26.2 Å². The summed E-state index contributed by atoms with van der Waals surface area (Å²) < 4.78 is 13.4. The van der Waals surface area contributed by atoms with Crippen LogP contribution in [-0.4, -0.2) is 41.4 Å². The smallest absolute Gasteiger partial charge is 0.126 e. The van der Waals surface area contributed by atoms with Crippen molar-refractivity contribution < 1.29 is 14.6 Å². The van der Waals surface area contributed by atoms with Crippen LogP contribution in [0.4, 0.5) is 4.39 Å². The molecule has 0 aliphatic heterocycles. The van der Waals surface area contributed by atoms with E-state index in [-0.39, 0.29) is 12.4 Å². The summed E-state index contributed by atoms with van der Waals surface area (Å²) in [7, 11) is 0. The second kappa shape index (κ2) is 8.25. The highest BCUT2D eigenvalue weighted by atomic mass is 19.1. The van der Waals surface area contributed by atoms with Crippen molar-refractivity contribution in [2.45, 2.75) is 32.8 Å². The van der Waals surface area contributed by atoms with Gasteiger partial charge >= 0.3 is 0 Å². The second-order valence-corrected chi connectivity index (χ2v) is 4.82. The number of aliphatic hydroxyl groups excluding tert-OH is 2. The fourth-order valence-corrected chi connectivity index (χ4v) is 2.01. The van der Waals surface area contributed by atoms with Crippen LogP contribution in [0.1, 0.15) is 37.0 Å². The minimum absolute atomic E-state index is 0.183. The lowest BCUT2D eigenvalue weighted by atomic mass is 10.0. The van der Waals surface area contributed by atoms with E-state index in [2.05, 4.69) is 11.8 Å². The Morgan fingerprint density at radius 3 is 2.63 bits per heavy atom. The molecule has 2 N–H and O–H groups in total. The number of aliphatic hydroxyl groups is 2. The van der Waals surface area contributed by atoms with Gasteiger partial charge < -0.3 is 15.1 Å². The third-order valence-corrected chi connectivity index (χ3v) is 3.38. The van der Waals surface area contributed by atoms with E-state index in [1.54, 1.807) is 19.1 Å². The maximum absolute atomic E-state index is 13.4. The molecule has 0 heterocycles. The van der Waals surface area contributed by atoms with Gasteiger partial charge in [0, 0.05) is 19.7 Å². The molecule has 0 saturated heterocycles. The van der Waals surface area contributed by atoms with Crippen LogP contribution < -0.4 is 0 Å². The van der Waals surface area contributed by atoms with Crippen LogP contribution in [0.3, 0.4) is 0 Å². The summed E-state index contributed by atoms with van der Waals surface area (Å²) in [5, 5.41) is 18.9. The summed E-state index contributed by atoms with van der Waals surface area (Å²) in [6.45, 7) is 6.39. The highest BCUT2D eigenvalue weighted by Gasteiger charge is 2.11. The number of nitrogens with zero attached hydrogens (tertiary/aromatic N) is 1. The molecule has 19 heavy (non-hydrogen) atoms. The normalized spacial score (nSPS) is 12.9. The van der Waals surface area contributed by atoms with Crippen LogP contribution in [0.2, 0.25) is 0 Å². The van der Waals surface area contributed by atoms with Crippen molar-refractivity contribution in [3.8, 4) is 0 Å². The third-order valence-electron chi connectivity index (χ3n) is 3.38. The van der Waals surface area contributed by atoms with Crippen molar-refractivity contribution >= 4 is 0 Å². The van der Waals surface area contributed by atoms with Crippen LogP contribution in [0.25, 0.3) is 0 Å².